The van der Waals surface area contributed by atoms with Crippen molar-refractivity contribution in [2.24, 2.45) is 5.92 Å². The Morgan fingerprint density at radius 3 is 2.68 bits per heavy atom. The Labute approximate surface area is 164 Å². The lowest BCUT2D eigenvalue weighted by molar-refractivity contribution is 0.299. The largest absolute Gasteiger partial charge is 0.487 e. The smallest absolute Gasteiger partial charge is 0.254 e. The topological polar surface area (TPSA) is 57.0 Å². The van der Waals surface area contributed by atoms with Crippen LogP contribution in [0.5, 0.6) is 5.75 Å². The second kappa shape index (κ2) is 8.10. The molecule has 1 aliphatic rings. The van der Waals surface area contributed by atoms with E-state index < -0.39 is 0 Å². The highest BCUT2D eigenvalue weighted by molar-refractivity contribution is 5.37. The van der Waals surface area contributed by atoms with Crippen molar-refractivity contribution in [3.05, 3.63) is 87.9 Å². The first-order valence-electron chi connectivity index (χ1n) is 9.37. The van der Waals surface area contributed by atoms with Crippen LogP contribution >= 0.6 is 0 Å². The summed E-state index contributed by atoms with van der Waals surface area (Å²) in [7, 11) is 0. The van der Waals surface area contributed by atoms with Crippen molar-refractivity contribution < 1.29 is 4.74 Å². The van der Waals surface area contributed by atoms with Gasteiger partial charge in [-0.15, -0.1) is 0 Å². The molecule has 2 aromatic heterocycles. The van der Waals surface area contributed by atoms with Crippen LogP contribution in [0.2, 0.25) is 0 Å². The molecule has 1 aromatic carbocycles. The molecule has 0 radical (unpaired) electrons. The van der Waals surface area contributed by atoms with Crippen molar-refractivity contribution >= 4 is 0 Å². The molecule has 5 nitrogen and oxygen atoms in total. The van der Waals surface area contributed by atoms with Gasteiger partial charge in [-0.2, -0.15) is 0 Å². The fraction of sp³-hybridized carbons (Fsp3) is 0.261. The third-order valence-corrected chi connectivity index (χ3v) is 4.60. The van der Waals surface area contributed by atoms with Gasteiger partial charge in [0.25, 0.3) is 5.56 Å². The molecule has 4 rings (SSSR count). The van der Waals surface area contributed by atoms with Gasteiger partial charge in [-0.05, 0) is 43.5 Å². The van der Waals surface area contributed by atoms with Crippen LogP contribution < -0.4 is 10.3 Å². The van der Waals surface area contributed by atoms with Crippen molar-refractivity contribution in [1.29, 1.82) is 0 Å². The highest BCUT2D eigenvalue weighted by atomic mass is 16.5. The second-order valence-electron chi connectivity index (χ2n) is 6.98. The van der Waals surface area contributed by atoms with Gasteiger partial charge in [0.15, 0.2) is 0 Å². The predicted octanol–water partition coefficient (Wildman–Crippen LogP) is 3.34. The molecular formula is C23H21N3O2. The van der Waals surface area contributed by atoms with Gasteiger partial charge in [-0.1, -0.05) is 24.0 Å². The number of rotatable bonds is 5. The fourth-order valence-electron chi connectivity index (χ4n) is 2.84. The number of hydrogen-bond donors (Lipinski definition) is 0. The maximum atomic E-state index is 12.6. The van der Waals surface area contributed by atoms with Crippen LogP contribution in [-0.2, 0) is 13.2 Å². The highest BCUT2D eigenvalue weighted by Crippen LogP contribution is 2.27. The molecule has 0 amide bonds. The van der Waals surface area contributed by atoms with Crippen molar-refractivity contribution in [3.63, 3.8) is 0 Å². The number of aromatic nitrogens is 3. The van der Waals surface area contributed by atoms with Crippen LogP contribution in [0, 0.1) is 24.7 Å². The number of hydrogen-bond acceptors (Lipinski definition) is 4. The normalized spacial score (nSPS) is 12.9. The van der Waals surface area contributed by atoms with E-state index in [-0.39, 0.29) is 12.2 Å². The van der Waals surface area contributed by atoms with Crippen LogP contribution in [0.25, 0.3) is 0 Å². The number of pyridine rings is 1. The Morgan fingerprint density at radius 1 is 1.18 bits per heavy atom. The second-order valence-corrected chi connectivity index (χ2v) is 6.98. The quantitative estimate of drug-likeness (QED) is 0.646. The average Bonchev–Trinajstić information content (AvgIpc) is 3.54. The van der Waals surface area contributed by atoms with Crippen molar-refractivity contribution in [3.8, 4) is 17.6 Å². The molecule has 1 aliphatic carbocycles. The minimum absolute atomic E-state index is 0.0910. The van der Waals surface area contributed by atoms with Gasteiger partial charge in [0.1, 0.15) is 12.4 Å². The SMILES string of the molecule is Cc1cc(OCc2cnccn2)cc(=O)n1Cc1ccc(C#CC2CC2)cc1. The van der Waals surface area contributed by atoms with Crippen molar-refractivity contribution in [2.75, 3.05) is 0 Å². The van der Waals surface area contributed by atoms with Crippen LogP contribution in [-0.4, -0.2) is 14.5 Å². The lowest BCUT2D eigenvalue weighted by Crippen LogP contribution is -2.22. The molecule has 1 fully saturated rings. The Kier molecular flexibility index (Phi) is 5.20. The zero-order chi connectivity index (χ0) is 19.3. The Balaban J connectivity index is 1.44. The minimum atomic E-state index is -0.0910. The summed E-state index contributed by atoms with van der Waals surface area (Å²) < 4.78 is 7.43. The molecule has 0 aliphatic heterocycles. The standard InChI is InChI=1S/C23H21N3O2/c1-17-12-22(28-16-21-14-24-10-11-25-21)13-23(27)26(17)15-20-8-6-19(7-9-20)5-4-18-2-3-18/h6-14,18H,2-3,15-16H2,1H3. The van der Waals surface area contributed by atoms with Crippen LogP contribution in [0.4, 0.5) is 0 Å². The molecule has 5 heteroatoms. The van der Waals surface area contributed by atoms with E-state index in [2.05, 4.69) is 21.8 Å². The first-order valence-corrected chi connectivity index (χ1v) is 9.37. The number of ether oxygens (including phenoxy) is 1. The molecule has 0 saturated heterocycles. The first kappa shape index (κ1) is 18.0. The molecule has 0 spiro atoms. The highest BCUT2D eigenvalue weighted by Gasteiger charge is 2.17. The summed E-state index contributed by atoms with van der Waals surface area (Å²) in [6, 6.07) is 11.5. The van der Waals surface area contributed by atoms with Gasteiger partial charge < -0.3 is 9.30 Å². The summed E-state index contributed by atoms with van der Waals surface area (Å²) in [6.45, 7) is 2.71. The lowest BCUT2D eigenvalue weighted by Gasteiger charge is -2.12. The van der Waals surface area contributed by atoms with Gasteiger partial charge in [0.05, 0.1) is 18.4 Å². The van der Waals surface area contributed by atoms with Gasteiger partial charge in [-0.3, -0.25) is 14.8 Å². The molecule has 1 saturated carbocycles. The Morgan fingerprint density at radius 2 is 2.00 bits per heavy atom. The van der Waals surface area contributed by atoms with Crippen LogP contribution in [0.1, 0.15) is 35.4 Å². The average molecular weight is 371 g/mol. The summed E-state index contributed by atoms with van der Waals surface area (Å²) in [5, 5.41) is 0. The Hall–Kier alpha value is -3.39. The maximum absolute atomic E-state index is 12.6. The van der Waals surface area contributed by atoms with Crippen molar-refractivity contribution in [2.45, 2.75) is 32.9 Å². The van der Waals surface area contributed by atoms with E-state index in [4.69, 9.17) is 4.74 Å². The first-order chi connectivity index (χ1) is 13.7. The molecule has 28 heavy (non-hydrogen) atoms. The van der Waals surface area contributed by atoms with E-state index in [9.17, 15) is 4.79 Å². The molecule has 0 bridgehead atoms. The van der Waals surface area contributed by atoms with E-state index >= 15 is 0 Å². The third-order valence-electron chi connectivity index (χ3n) is 4.60. The monoisotopic (exact) mass is 371 g/mol. The number of benzene rings is 1. The van der Waals surface area contributed by atoms with Gasteiger partial charge >= 0.3 is 0 Å². The van der Waals surface area contributed by atoms with Gasteiger partial charge in [-0.25, -0.2) is 0 Å². The number of nitrogens with zero attached hydrogens (tertiary/aromatic N) is 3. The fourth-order valence-corrected chi connectivity index (χ4v) is 2.84. The Bertz CT molecular complexity index is 1070. The molecule has 3 aromatic rings. The molecular weight excluding hydrogens is 350 g/mol. The van der Waals surface area contributed by atoms with Crippen LogP contribution in [0.3, 0.4) is 0 Å². The maximum Gasteiger partial charge on any atom is 0.254 e. The number of aryl methyl sites for hydroxylation is 1. The van der Waals surface area contributed by atoms with Crippen LogP contribution in [0.15, 0.2) is 59.8 Å². The molecule has 0 unspecified atom stereocenters. The summed E-state index contributed by atoms with van der Waals surface area (Å²) in [5.74, 6) is 7.60. The lowest BCUT2D eigenvalue weighted by atomic mass is 10.1. The van der Waals surface area contributed by atoms with E-state index in [1.54, 1.807) is 23.2 Å². The summed E-state index contributed by atoms with van der Waals surface area (Å²) >= 11 is 0. The van der Waals surface area contributed by atoms with E-state index in [0.717, 1.165) is 16.8 Å². The van der Waals surface area contributed by atoms with E-state index in [1.807, 2.05) is 37.3 Å². The molecule has 140 valence electrons. The minimum Gasteiger partial charge on any atom is -0.487 e. The summed E-state index contributed by atoms with van der Waals surface area (Å²) in [4.78, 5) is 20.7. The van der Waals surface area contributed by atoms with E-state index in [0.29, 0.717) is 23.9 Å². The molecule has 2 heterocycles. The predicted molar refractivity (Wildman–Crippen MR) is 107 cm³/mol. The summed E-state index contributed by atoms with van der Waals surface area (Å²) in [5.41, 5.74) is 3.56. The van der Waals surface area contributed by atoms with Gasteiger partial charge in [0.2, 0.25) is 0 Å². The van der Waals surface area contributed by atoms with E-state index in [1.165, 1.54) is 18.9 Å². The summed E-state index contributed by atoms with van der Waals surface area (Å²) in [6.07, 6.45) is 7.33. The zero-order valence-electron chi connectivity index (χ0n) is 15.8. The zero-order valence-corrected chi connectivity index (χ0v) is 15.8. The molecule has 0 atom stereocenters. The van der Waals surface area contributed by atoms with Gasteiger partial charge in [0, 0.05) is 35.6 Å². The molecule has 0 N–H and O–H groups in total. The van der Waals surface area contributed by atoms with Crippen molar-refractivity contribution in [1.82, 2.24) is 14.5 Å². The third kappa shape index (κ3) is 4.66.